The lowest BCUT2D eigenvalue weighted by Crippen LogP contribution is -2.69. The summed E-state index contributed by atoms with van der Waals surface area (Å²) in [5.74, 6) is -3.02. The lowest BCUT2D eigenvalue weighted by atomic mass is 9.79. The van der Waals surface area contributed by atoms with Gasteiger partial charge in [0.2, 0.25) is 5.91 Å². The molecule has 0 aliphatic carbocycles. The Bertz CT molecular complexity index is 2180. The van der Waals surface area contributed by atoms with Crippen LogP contribution in [0.1, 0.15) is 29.3 Å². The molecular weight excluding hydrogens is 760 g/mol. The average Bonchev–Trinajstić information content (AvgIpc) is 3.63. The fraction of sp³-hybridized carbons (Fsp3) is 0.273. The number of amides is 3. The van der Waals surface area contributed by atoms with Gasteiger partial charge in [-0.3, -0.25) is 14.4 Å². The number of carbonyl (C=O) groups is 5. The molecule has 3 amide bonds. The second-order valence-electron chi connectivity index (χ2n) is 14.9. The molecule has 0 radical (unpaired) electrons. The van der Waals surface area contributed by atoms with Crippen molar-refractivity contribution in [3.63, 3.8) is 0 Å². The highest BCUT2D eigenvalue weighted by atomic mass is 31.2. The summed E-state index contributed by atoms with van der Waals surface area (Å²) in [7, 11) is -2.19. The molecule has 2 aliphatic rings. The summed E-state index contributed by atoms with van der Waals surface area (Å²) in [4.78, 5) is 69.8. The summed E-state index contributed by atoms with van der Waals surface area (Å²) in [5.41, 5.74) is 1.12. The number of likely N-dealkylation sites (tertiary alicyclic amines) is 1. The van der Waals surface area contributed by atoms with E-state index < -0.39 is 63.8 Å². The second kappa shape index (κ2) is 17.3. The van der Waals surface area contributed by atoms with Gasteiger partial charge in [-0.15, -0.1) is 6.58 Å². The van der Waals surface area contributed by atoms with E-state index in [0.29, 0.717) is 17.7 Å². The van der Waals surface area contributed by atoms with Gasteiger partial charge in [0.15, 0.2) is 20.7 Å². The van der Waals surface area contributed by atoms with Crippen LogP contribution in [-0.4, -0.2) is 90.2 Å². The van der Waals surface area contributed by atoms with Gasteiger partial charge in [0, 0.05) is 18.9 Å². The molecule has 0 bridgehead atoms. The van der Waals surface area contributed by atoms with E-state index in [2.05, 4.69) is 6.58 Å². The predicted octanol–water partition coefficient (Wildman–Crippen LogP) is 5.62. The molecule has 13 heteroatoms. The first kappa shape index (κ1) is 41.1. The van der Waals surface area contributed by atoms with Crippen molar-refractivity contribution >= 4 is 66.2 Å². The van der Waals surface area contributed by atoms with E-state index in [1.807, 2.05) is 111 Å². The number of nitrogens with zero attached hydrogens (tertiary/aromatic N) is 2. The third-order valence-corrected chi connectivity index (χ3v) is 15.5. The molecule has 296 valence electrons. The zero-order valence-electron chi connectivity index (χ0n) is 32.5. The smallest absolute Gasteiger partial charge is 0.416 e. The van der Waals surface area contributed by atoms with Crippen molar-refractivity contribution < 1.29 is 43.0 Å². The normalized spacial score (nSPS) is 17.3. The summed E-state index contributed by atoms with van der Waals surface area (Å²) < 4.78 is 16.9. The van der Waals surface area contributed by atoms with Crippen molar-refractivity contribution in [1.82, 2.24) is 9.80 Å². The molecule has 0 spiro atoms. The molecule has 0 unspecified atom stereocenters. The van der Waals surface area contributed by atoms with Crippen molar-refractivity contribution in [3.8, 4) is 5.75 Å². The number of imide groups is 1. The van der Waals surface area contributed by atoms with E-state index in [-0.39, 0.29) is 30.8 Å². The number of β-lactam (4-membered cyclic amide) rings is 1. The first-order valence-corrected chi connectivity index (χ1v) is 24.0. The predicted molar refractivity (Wildman–Crippen MR) is 224 cm³/mol. The van der Waals surface area contributed by atoms with Gasteiger partial charge < -0.3 is 23.9 Å². The largest absolute Gasteiger partial charge is 0.484 e. The molecule has 2 saturated heterocycles. The molecule has 0 aromatic heterocycles. The molecule has 3 atom stereocenters. The summed E-state index contributed by atoms with van der Waals surface area (Å²) in [6, 6.07) is 32.0. The van der Waals surface area contributed by atoms with Crippen LogP contribution < -0.4 is 20.7 Å². The van der Waals surface area contributed by atoms with Crippen molar-refractivity contribution in [2.75, 3.05) is 19.8 Å². The van der Waals surface area contributed by atoms with Crippen molar-refractivity contribution in [1.29, 1.82) is 0 Å². The molecule has 11 nitrogen and oxygen atoms in total. The van der Waals surface area contributed by atoms with Crippen LogP contribution in [0.25, 0.3) is 0 Å². The number of carboxylic acid groups (broad SMARTS) is 1. The monoisotopic (exact) mass is 806 g/mol. The number of ketones is 1. The fourth-order valence-corrected chi connectivity index (χ4v) is 13.6. The van der Waals surface area contributed by atoms with Crippen LogP contribution in [-0.2, 0) is 30.0 Å². The van der Waals surface area contributed by atoms with E-state index in [9.17, 15) is 29.1 Å². The maximum absolute atomic E-state index is 14.8. The number of allylic oxidation sites excluding steroid dienone is 1. The van der Waals surface area contributed by atoms with E-state index in [0.717, 1.165) is 26.4 Å². The number of rotatable bonds is 16. The van der Waals surface area contributed by atoms with Crippen molar-refractivity contribution in [2.45, 2.75) is 51.6 Å². The third-order valence-electron chi connectivity index (χ3n) is 10.1. The molecule has 2 fully saturated rings. The van der Waals surface area contributed by atoms with E-state index in [1.54, 1.807) is 30.3 Å². The Morgan fingerprint density at radius 2 is 1.51 bits per heavy atom. The molecule has 4 aromatic carbocycles. The van der Waals surface area contributed by atoms with Crippen LogP contribution in [0.15, 0.2) is 122 Å². The Morgan fingerprint density at radius 1 is 0.912 bits per heavy atom. The Balaban J connectivity index is 1.48. The van der Waals surface area contributed by atoms with Gasteiger partial charge in [-0.2, -0.15) is 0 Å². The summed E-state index contributed by atoms with van der Waals surface area (Å²) in [6.07, 6.45) is 0.752. The lowest BCUT2D eigenvalue weighted by Gasteiger charge is -2.52. The van der Waals surface area contributed by atoms with Crippen molar-refractivity contribution in [3.05, 3.63) is 133 Å². The summed E-state index contributed by atoms with van der Waals surface area (Å²) in [5, 5.41) is 13.8. The Kier molecular flexibility index (Phi) is 12.5. The number of Topliss-reactive ketones (excluding diaryl/α,β-unsaturated/α-hetero) is 1. The summed E-state index contributed by atoms with van der Waals surface area (Å²) in [6.45, 7) is 8.38. The molecular formula is C44H47N2O9PSi. The minimum atomic E-state index is -3.38. The van der Waals surface area contributed by atoms with Gasteiger partial charge in [0.25, 0.3) is 5.91 Å². The molecule has 0 saturated carbocycles. The van der Waals surface area contributed by atoms with Crippen LogP contribution in [0.5, 0.6) is 5.75 Å². The zero-order chi connectivity index (χ0) is 40.9. The number of hydrogen-bond acceptors (Lipinski definition) is 8. The topological polar surface area (TPSA) is 140 Å². The number of carbonyl (C=O) groups excluding carboxylic acids is 4. The molecule has 6 rings (SSSR count). The molecule has 57 heavy (non-hydrogen) atoms. The number of hydrogen-bond donors (Lipinski definition) is 1. The van der Waals surface area contributed by atoms with Crippen LogP contribution in [0.3, 0.4) is 0 Å². The molecule has 2 heterocycles. The van der Waals surface area contributed by atoms with Gasteiger partial charge in [-0.1, -0.05) is 91.0 Å². The molecule has 4 aromatic rings. The van der Waals surface area contributed by atoms with Gasteiger partial charge in [-0.05, 0) is 78.7 Å². The Morgan fingerprint density at radius 3 is 2.05 bits per heavy atom. The van der Waals surface area contributed by atoms with Crippen LogP contribution >= 0.6 is 6.89 Å². The number of aliphatic carboxylic acids is 1. The molecule has 2 aliphatic heterocycles. The third kappa shape index (κ3) is 8.44. The van der Waals surface area contributed by atoms with E-state index >= 15 is 0 Å². The number of ether oxygens (including phenoxy) is 2. The van der Waals surface area contributed by atoms with Crippen LogP contribution in [0.2, 0.25) is 19.6 Å². The SMILES string of the molecule is C=CCc1ccccc1P(=C(C(=O)O)N1C(=O)[C@H]([C@@H](C)O[Si](C)(C)C)[C@H]1CC(=O)c1ccc(OCC(=O)N2CCOC2=O)cc1)(c1ccccc1)c1ccccc1. The maximum atomic E-state index is 14.8. The fourth-order valence-electron chi connectivity index (χ4n) is 7.74. The van der Waals surface area contributed by atoms with E-state index in [4.69, 9.17) is 13.9 Å². The average molecular weight is 807 g/mol. The minimum absolute atomic E-state index is 0.0778. The quantitative estimate of drug-likeness (QED) is 0.0503. The van der Waals surface area contributed by atoms with Gasteiger partial charge in [-0.25, -0.2) is 14.5 Å². The first-order valence-electron chi connectivity index (χ1n) is 18.8. The second-order valence-corrected chi connectivity index (χ2v) is 22.7. The van der Waals surface area contributed by atoms with Crippen molar-refractivity contribution in [2.24, 2.45) is 5.92 Å². The highest BCUT2D eigenvalue weighted by molar-refractivity contribution is 7.96. The standard InChI is InChI=1S/C44H47N2O9PSi/c1-6-15-32-16-13-14-21-38(32)56(34-17-9-7-10-18-34,35-19-11-8-12-20-35)42(43(50)51)46-36(40(41(46)49)30(2)55-57(3,4)5)28-37(47)31-22-24-33(25-23-31)54-29-39(48)45-26-27-53-44(45)52/h6-14,16-25,30,36,40H,1,15,26-29H2,2-5H3,(H,50,51)/t30-,36-,40-/m1/s1. The number of benzene rings is 4. The van der Waals surface area contributed by atoms with Crippen LogP contribution in [0.4, 0.5) is 4.79 Å². The Labute approximate surface area is 334 Å². The lowest BCUT2D eigenvalue weighted by molar-refractivity contribution is -0.155. The number of cyclic esters (lactones) is 1. The Hall–Kier alpha value is -5.55. The number of carboxylic acids is 1. The zero-order valence-corrected chi connectivity index (χ0v) is 34.4. The van der Waals surface area contributed by atoms with E-state index in [1.165, 1.54) is 4.90 Å². The summed E-state index contributed by atoms with van der Waals surface area (Å²) >= 11 is 0. The minimum Gasteiger partial charge on any atom is -0.484 e. The van der Waals surface area contributed by atoms with Crippen LogP contribution in [0, 0.1) is 5.92 Å². The highest BCUT2D eigenvalue weighted by Gasteiger charge is 2.56. The molecule has 1 N–H and O–H groups in total. The first-order chi connectivity index (χ1) is 27.3. The van der Waals surface area contributed by atoms with Gasteiger partial charge in [0.05, 0.1) is 24.6 Å². The maximum Gasteiger partial charge on any atom is 0.416 e. The highest BCUT2D eigenvalue weighted by Crippen LogP contribution is 2.51. The van der Waals surface area contributed by atoms with Gasteiger partial charge in [0.1, 0.15) is 17.8 Å². The van der Waals surface area contributed by atoms with Gasteiger partial charge >= 0.3 is 12.1 Å².